The number of alkyl carbamates (subject to hydrolysis) is 1. The molecule has 1 aliphatic heterocycles. The van der Waals surface area contributed by atoms with E-state index in [1.54, 1.807) is 6.07 Å². The lowest BCUT2D eigenvalue weighted by Crippen LogP contribution is -2.18. The van der Waals surface area contributed by atoms with Gasteiger partial charge in [-0.15, -0.1) is 0 Å². The predicted octanol–water partition coefficient (Wildman–Crippen LogP) is 1.30. The Bertz CT molecular complexity index is 500. The summed E-state index contributed by atoms with van der Waals surface area (Å²) in [6.45, 7) is 0. The van der Waals surface area contributed by atoms with Crippen molar-refractivity contribution in [2.75, 3.05) is 0 Å². The molecule has 1 amide bonds. The van der Waals surface area contributed by atoms with Crippen LogP contribution in [0, 0.1) is 10.1 Å². The van der Waals surface area contributed by atoms with Gasteiger partial charge < -0.3 is 10.1 Å². The van der Waals surface area contributed by atoms with E-state index in [4.69, 9.17) is 4.74 Å². The third-order valence-electron chi connectivity index (χ3n) is 3.00. The summed E-state index contributed by atoms with van der Waals surface area (Å²) in [5, 5.41) is 13.3. The molecule has 1 heterocycles. The van der Waals surface area contributed by atoms with Crippen LogP contribution < -0.4 is 5.32 Å². The van der Waals surface area contributed by atoms with Crippen LogP contribution in [-0.2, 0) is 11.2 Å². The lowest BCUT2D eigenvalue weighted by atomic mass is 10.1. The second-order valence-corrected chi connectivity index (χ2v) is 3.91. The first kappa shape index (κ1) is 9.14. The van der Waals surface area contributed by atoms with E-state index in [0.29, 0.717) is 6.42 Å². The van der Waals surface area contributed by atoms with Crippen LogP contribution in [0.5, 0.6) is 0 Å². The van der Waals surface area contributed by atoms with Crippen LogP contribution in [0.1, 0.15) is 17.2 Å². The minimum atomic E-state index is -0.452. The number of rotatable bonds is 1. The molecule has 0 spiro atoms. The summed E-state index contributed by atoms with van der Waals surface area (Å²) in [5.41, 5.74) is 1.84. The van der Waals surface area contributed by atoms with E-state index in [2.05, 4.69) is 5.32 Å². The quantitative estimate of drug-likeness (QED) is 0.571. The lowest BCUT2D eigenvalue weighted by Gasteiger charge is -2.06. The maximum Gasteiger partial charge on any atom is 0.408 e. The Morgan fingerprint density at radius 2 is 2.31 bits per heavy atom. The molecule has 1 N–H and O–H groups in total. The number of amides is 1. The molecular formula is C10H8N2O4. The van der Waals surface area contributed by atoms with Crippen molar-refractivity contribution < 1.29 is 14.5 Å². The van der Waals surface area contributed by atoms with Gasteiger partial charge >= 0.3 is 6.09 Å². The van der Waals surface area contributed by atoms with Crippen LogP contribution in [-0.4, -0.2) is 17.1 Å². The molecule has 1 saturated heterocycles. The molecule has 1 aromatic rings. The topological polar surface area (TPSA) is 81.5 Å². The first-order valence-electron chi connectivity index (χ1n) is 4.89. The molecule has 0 bridgehead atoms. The van der Waals surface area contributed by atoms with E-state index in [9.17, 15) is 14.9 Å². The van der Waals surface area contributed by atoms with Gasteiger partial charge in [-0.2, -0.15) is 0 Å². The smallest absolute Gasteiger partial charge is 0.408 e. The average Bonchev–Trinajstić information content (AvgIpc) is 2.72. The zero-order valence-electron chi connectivity index (χ0n) is 8.17. The summed E-state index contributed by atoms with van der Waals surface area (Å²) < 4.78 is 5.05. The number of hydrogen-bond acceptors (Lipinski definition) is 4. The Kier molecular flexibility index (Phi) is 1.68. The lowest BCUT2D eigenvalue weighted by molar-refractivity contribution is -0.384. The summed E-state index contributed by atoms with van der Waals surface area (Å²) in [5.74, 6) is 0. The molecule has 82 valence electrons. The Balaban J connectivity index is 2.04. The van der Waals surface area contributed by atoms with Crippen LogP contribution >= 0.6 is 0 Å². The van der Waals surface area contributed by atoms with Crippen LogP contribution in [0.15, 0.2) is 18.2 Å². The molecule has 0 radical (unpaired) electrons. The molecule has 0 aromatic heterocycles. The fraction of sp³-hybridized carbons (Fsp3) is 0.300. The van der Waals surface area contributed by atoms with Gasteiger partial charge in [0.2, 0.25) is 0 Å². The van der Waals surface area contributed by atoms with Gasteiger partial charge in [-0.1, -0.05) is 6.07 Å². The number of carbonyl (C=O) groups is 1. The predicted molar refractivity (Wildman–Crippen MR) is 52.9 cm³/mol. The fourth-order valence-electron chi connectivity index (χ4n) is 2.29. The van der Waals surface area contributed by atoms with Gasteiger partial charge in [0, 0.05) is 18.6 Å². The second kappa shape index (κ2) is 2.94. The Labute approximate surface area is 90.4 Å². The van der Waals surface area contributed by atoms with E-state index in [-0.39, 0.29) is 17.8 Å². The molecule has 3 rings (SSSR count). The third-order valence-corrected chi connectivity index (χ3v) is 3.00. The van der Waals surface area contributed by atoms with E-state index in [1.807, 2.05) is 0 Å². The van der Waals surface area contributed by atoms with Crippen molar-refractivity contribution in [3.8, 4) is 0 Å². The molecule has 2 atom stereocenters. The summed E-state index contributed by atoms with van der Waals surface area (Å²) in [6, 6.07) is 4.47. The van der Waals surface area contributed by atoms with Crippen molar-refractivity contribution in [3.05, 3.63) is 39.4 Å². The van der Waals surface area contributed by atoms with Crippen molar-refractivity contribution >= 4 is 11.8 Å². The molecule has 0 saturated carbocycles. The molecular weight excluding hydrogens is 212 g/mol. The first-order chi connectivity index (χ1) is 7.65. The van der Waals surface area contributed by atoms with Gasteiger partial charge in [0.25, 0.3) is 5.69 Å². The van der Waals surface area contributed by atoms with Crippen LogP contribution in [0.4, 0.5) is 10.5 Å². The molecule has 16 heavy (non-hydrogen) atoms. The number of fused-ring (bicyclic) bond motifs is 3. The summed E-state index contributed by atoms with van der Waals surface area (Å²) in [7, 11) is 0. The van der Waals surface area contributed by atoms with Crippen LogP contribution in [0.3, 0.4) is 0 Å². The van der Waals surface area contributed by atoms with Crippen LogP contribution in [0.25, 0.3) is 0 Å². The minimum Gasteiger partial charge on any atom is -0.443 e. The first-order valence-corrected chi connectivity index (χ1v) is 4.89. The molecule has 1 aliphatic carbocycles. The van der Waals surface area contributed by atoms with Gasteiger partial charge in [-0.3, -0.25) is 10.1 Å². The van der Waals surface area contributed by atoms with Crippen LogP contribution in [0.2, 0.25) is 0 Å². The average molecular weight is 220 g/mol. The van der Waals surface area contributed by atoms with Gasteiger partial charge in [0.15, 0.2) is 0 Å². The number of nitro groups is 1. The Hall–Kier alpha value is -2.11. The summed E-state index contributed by atoms with van der Waals surface area (Å²) in [4.78, 5) is 21.2. The van der Waals surface area contributed by atoms with E-state index in [1.165, 1.54) is 12.1 Å². The molecule has 2 aliphatic rings. The number of ether oxygens (including phenoxy) is 1. The van der Waals surface area contributed by atoms with Crippen molar-refractivity contribution in [2.45, 2.75) is 18.6 Å². The SMILES string of the molecule is O=C1N[C@@H]2c3cc([N+](=O)[O-])ccc3C[C@@H]2O1. The highest BCUT2D eigenvalue weighted by Crippen LogP contribution is 2.38. The number of non-ortho nitro benzene ring substituents is 1. The zero-order chi connectivity index (χ0) is 11.3. The fourth-order valence-corrected chi connectivity index (χ4v) is 2.29. The van der Waals surface area contributed by atoms with Gasteiger partial charge in [0.1, 0.15) is 6.10 Å². The van der Waals surface area contributed by atoms with Crippen molar-refractivity contribution in [1.82, 2.24) is 5.32 Å². The molecule has 1 aromatic carbocycles. The summed E-state index contributed by atoms with van der Waals surface area (Å²) >= 11 is 0. The second-order valence-electron chi connectivity index (χ2n) is 3.91. The van der Waals surface area contributed by atoms with Crippen molar-refractivity contribution in [3.63, 3.8) is 0 Å². The highest BCUT2D eigenvalue weighted by molar-refractivity contribution is 5.72. The molecule has 1 fully saturated rings. The van der Waals surface area contributed by atoms with Crippen molar-refractivity contribution in [2.24, 2.45) is 0 Å². The highest BCUT2D eigenvalue weighted by atomic mass is 16.6. The van der Waals surface area contributed by atoms with Gasteiger partial charge in [0.05, 0.1) is 11.0 Å². The standard InChI is InChI=1S/C10H8N2O4/c13-10-11-9-7-4-6(12(14)15)2-1-5(7)3-8(9)16-10/h1-2,4,8-9H,3H2,(H,11,13)/t8-,9+/m0/s1. The number of nitro benzene ring substituents is 1. The van der Waals surface area contributed by atoms with Gasteiger partial charge in [-0.05, 0) is 11.1 Å². The molecule has 0 unspecified atom stereocenters. The number of hydrogen-bond donors (Lipinski definition) is 1. The van der Waals surface area contributed by atoms with Gasteiger partial charge in [-0.25, -0.2) is 4.79 Å². The highest BCUT2D eigenvalue weighted by Gasteiger charge is 2.42. The number of nitrogens with one attached hydrogen (secondary N) is 1. The normalized spacial score (nSPS) is 25.6. The minimum absolute atomic E-state index is 0.0422. The van der Waals surface area contributed by atoms with E-state index >= 15 is 0 Å². The largest absolute Gasteiger partial charge is 0.443 e. The summed E-state index contributed by atoms with van der Waals surface area (Å²) in [6.07, 6.45) is -0.0480. The Morgan fingerprint density at radius 1 is 1.50 bits per heavy atom. The molecule has 6 nitrogen and oxygen atoms in total. The Morgan fingerprint density at radius 3 is 3.06 bits per heavy atom. The monoisotopic (exact) mass is 220 g/mol. The third kappa shape index (κ3) is 1.16. The number of benzene rings is 1. The molecule has 6 heteroatoms. The zero-order valence-corrected chi connectivity index (χ0v) is 8.17. The number of carbonyl (C=O) groups excluding carboxylic acids is 1. The van der Waals surface area contributed by atoms with Crippen molar-refractivity contribution in [1.29, 1.82) is 0 Å². The number of nitrogens with zero attached hydrogens (tertiary/aromatic N) is 1. The maximum atomic E-state index is 11.0. The van der Waals surface area contributed by atoms with E-state index < -0.39 is 11.0 Å². The van der Waals surface area contributed by atoms with E-state index in [0.717, 1.165) is 11.1 Å². The maximum absolute atomic E-state index is 11.0.